The number of ether oxygens (including phenoxy) is 1. The number of benzene rings is 1. The molecule has 1 saturated heterocycles. The monoisotopic (exact) mass is 410 g/mol. The summed E-state index contributed by atoms with van der Waals surface area (Å²) in [4.78, 5) is 20.7. The lowest BCUT2D eigenvalue weighted by Gasteiger charge is -2.27. The van der Waals surface area contributed by atoms with Gasteiger partial charge in [0.1, 0.15) is 5.75 Å². The third-order valence-corrected chi connectivity index (χ3v) is 5.01. The van der Waals surface area contributed by atoms with Crippen molar-refractivity contribution in [2.45, 2.75) is 58.7 Å². The van der Waals surface area contributed by atoms with Crippen LogP contribution in [0.3, 0.4) is 0 Å². The van der Waals surface area contributed by atoms with Gasteiger partial charge in [0.25, 0.3) is 0 Å². The van der Waals surface area contributed by atoms with Crippen LogP contribution in [-0.4, -0.2) is 61.0 Å². The molecular weight excluding hydrogens is 378 g/mol. The Morgan fingerprint density at radius 3 is 2.59 bits per heavy atom. The number of carbonyl (C=O) groups excluding carboxylic acids is 1. The highest BCUT2D eigenvalue weighted by atomic mass is 19.3. The van der Waals surface area contributed by atoms with Crippen molar-refractivity contribution < 1.29 is 18.3 Å². The summed E-state index contributed by atoms with van der Waals surface area (Å²) in [5.74, 6) is 1.18. The number of nitrogens with zero attached hydrogens (tertiary/aromatic N) is 3. The summed E-state index contributed by atoms with van der Waals surface area (Å²) in [7, 11) is 1.94. The minimum Gasteiger partial charge on any atom is -0.435 e. The Kier molecular flexibility index (Phi) is 9.15. The van der Waals surface area contributed by atoms with Gasteiger partial charge >= 0.3 is 6.61 Å². The average molecular weight is 411 g/mol. The van der Waals surface area contributed by atoms with Gasteiger partial charge in [-0.1, -0.05) is 19.1 Å². The number of amides is 1. The molecular formula is C21H32F2N4O2. The predicted octanol–water partition coefficient (Wildman–Crippen LogP) is 3.48. The van der Waals surface area contributed by atoms with Crippen molar-refractivity contribution >= 4 is 11.9 Å². The van der Waals surface area contributed by atoms with Crippen molar-refractivity contribution in [3.05, 3.63) is 29.8 Å². The van der Waals surface area contributed by atoms with Crippen LogP contribution in [0.25, 0.3) is 0 Å². The molecule has 1 aliphatic heterocycles. The lowest BCUT2D eigenvalue weighted by Crippen LogP contribution is -2.39. The highest BCUT2D eigenvalue weighted by Gasteiger charge is 2.26. The van der Waals surface area contributed by atoms with E-state index in [1.807, 2.05) is 23.8 Å². The van der Waals surface area contributed by atoms with E-state index in [2.05, 4.69) is 17.0 Å². The number of aliphatic imine (C=N–C) groups is 1. The van der Waals surface area contributed by atoms with E-state index in [0.29, 0.717) is 19.5 Å². The molecule has 1 atom stereocenters. The first kappa shape index (κ1) is 22.9. The Hall–Kier alpha value is -2.38. The molecule has 0 aliphatic carbocycles. The lowest BCUT2D eigenvalue weighted by molar-refractivity contribution is -0.129. The fraction of sp³-hybridized carbons (Fsp3) is 0.619. The molecule has 1 aromatic carbocycles. The van der Waals surface area contributed by atoms with Crippen LogP contribution in [0.5, 0.6) is 5.75 Å². The van der Waals surface area contributed by atoms with Gasteiger partial charge in [0.2, 0.25) is 5.91 Å². The first-order valence-electron chi connectivity index (χ1n) is 10.3. The maximum absolute atomic E-state index is 12.3. The first-order valence-corrected chi connectivity index (χ1v) is 10.3. The fourth-order valence-corrected chi connectivity index (χ4v) is 3.55. The van der Waals surface area contributed by atoms with Gasteiger partial charge in [0.15, 0.2) is 5.96 Å². The first-order chi connectivity index (χ1) is 13.9. The second-order valence-electron chi connectivity index (χ2n) is 7.16. The summed E-state index contributed by atoms with van der Waals surface area (Å²) in [5, 5.41) is 3.28. The Bertz CT molecular complexity index is 667. The number of carbonyl (C=O) groups is 1. The normalized spacial score (nSPS) is 15.7. The highest BCUT2D eigenvalue weighted by molar-refractivity contribution is 5.80. The average Bonchev–Trinajstić information content (AvgIpc) is 3.11. The summed E-state index contributed by atoms with van der Waals surface area (Å²) < 4.78 is 28.9. The van der Waals surface area contributed by atoms with E-state index >= 15 is 0 Å². The zero-order chi connectivity index (χ0) is 21.2. The van der Waals surface area contributed by atoms with Gasteiger partial charge in [-0.15, -0.1) is 0 Å². The second-order valence-corrected chi connectivity index (χ2v) is 7.16. The molecule has 1 heterocycles. The standard InChI is InChI=1S/C21H32F2N4O2/c1-4-17(27-14-6-7-19(27)28)12-13-25-21(24-5-2)26(3)15-16-8-10-18(11-9-16)29-20(22)23/h8-11,17,20H,4-7,12-15H2,1-3H3,(H,24,25). The SMILES string of the molecule is CCNC(=NCCC(CC)N1CCCC1=O)N(C)Cc1ccc(OC(F)F)cc1. The molecule has 6 nitrogen and oxygen atoms in total. The number of rotatable bonds is 10. The van der Waals surface area contributed by atoms with E-state index in [-0.39, 0.29) is 17.7 Å². The maximum Gasteiger partial charge on any atom is 0.387 e. The molecule has 1 aliphatic rings. The molecule has 0 saturated carbocycles. The van der Waals surface area contributed by atoms with Crippen LogP contribution >= 0.6 is 0 Å². The van der Waals surface area contributed by atoms with Crippen LogP contribution in [-0.2, 0) is 11.3 Å². The van der Waals surface area contributed by atoms with E-state index in [9.17, 15) is 13.6 Å². The van der Waals surface area contributed by atoms with Crippen molar-refractivity contribution in [3.63, 3.8) is 0 Å². The summed E-state index contributed by atoms with van der Waals surface area (Å²) in [6.45, 7) is 4.12. The molecule has 29 heavy (non-hydrogen) atoms. The molecule has 1 unspecified atom stereocenters. The van der Waals surface area contributed by atoms with Gasteiger partial charge in [-0.25, -0.2) is 0 Å². The summed E-state index contributed by atoms with van der Waals surface area (Å²) in [6, 6.07) is 6.86. The number of guanidine groups is 1. The topological polar surface area (TPSA) is 57.2 Å². The van der Waals surface area contributed by atoms with E-state index in [1.54, 1.807) is 12.1 Å². The molecule has 1 N–H and O–H groups in total. The Morgan fingerprint density at radius 1 is 1.31 bits per heavy atom. The zero-order valence-corrected chi connectivity index (χ0v) is 17.5. The molecule has 1 fully saturated rings. The van der Waals surface area contributed by atoms with Crippen LogP contribution < -0.4 is 10.1 Å². The number of hydrogen-bond donors (Lipinski definition) is 1. The molecule has 0 radical (unpaired) electrons. The fourth-order valence-electron chi connectivity index (χ4n) is 3.55. The quantitative estimate of drug-likeness (QED) is 0.474. The van der Waals surface area contributed by atoms with Gasteiger partial charge < -0.3 is 19.9 Å². The number of nitrogens with one attached hydrogen (secondary N) is 1. The Balaban J connectivity index is 1.93. The predicted molar refractivity (Wildman–Crippen MR) is 110 cm³/mol. The minimum atomic E-state index is -2.82. The van der Waals surface area contributed by atoms with Gasteiger partial charge in [0, 0.05) is 45.7 Å². The molecule has 0 spiro atoms. The van der Waals surface area contributed by atoms with Crippen LogP contribution in [0.15, 0.2) is 29.3 Å². The van der Waals surface area contributed by atoms with Crippen LogP contribution in [0.4, 0.5) is 8.78 Å². The van der Waals surface area contributed by atoms with E-state index < -0.39 is 6.61 Å². The number of alkyl halides is 2. The van der Waals surface area contributed by atoms with Crippen LogP contribution in [0, 0.1) is 0 Å². The largest absolute Gasteiger partial charge is 0.435 e. The van der Waals surface area contributed by atoms with Gasteiger partial charge in [-0.2, -0.15) is 8.78 Å². The third-order valence-electron chi connectivity index (χ3n) is 5.01. The lowest BCUT2D eigenvalue weighted by atomic mass is 10.1. The van der Waals surface area contributed by atoms with Crippen LogP contribution in [0.1, 0.15) is 45.1 Å². The van der Waals surface area contributed by atoms with Crippen molar-refractivity contribution in [1.82, 2.24) is 15.1 Å². The third kappa shape index (κ3) is 7.18. The summed E-state index contributed by atoms with van der Waals surface area (Å²) >= 11 is 0. The van der Waals surface area contributed by atoms with Crippen molar-refractivity contribution in [3.8, 4) is 5.75 Å². The Labute approximate surface area is 171 Å². The molecule has 0 bridgehead atoms. The summed E-state index contributed by atoms with van der Waals surface area (Å²) in [6.07, 6.45) is 3.38. The number of hydrogen-bond acceptors (Lipinski definition) is 3. The summed E-state index contributed by atoms with van der Waals surface area (Å²) in [5.41, 5.74) is 0.966. The van der Waals surface area contributed by atoms with E-state index in [1.165, 1.54) is 12.1 Å². The van der Waals surface area contributed by atoms with Gasteiger partial charge in [-0.05, 0) is 43.9 Å². The van der Waals surface area contributed by atoms with Crippen molar-refractivity contribution in [1.29, 1.82) is 0 Å². The van der Waals surface area contributed by atoms with Gasteiger partial charge in [-0.3, -0.25) is 9.79 Å². The molecule has 1 aromatic rings. The zero-order valence-electron chi connectivity index (χ0n) is 17.5. The highest BCUT2D eigenvalue weighted by Crippen LogP contribution is 2.18. The molecule has 2 rings (SSSR count). The van der Waals surface area contributed by atoms with Gasteiger partial charge in [0.05, 0.1) is 0 Å². The second kappa shape index (κ2) is 11.6. The number of likely N-dealkylation sites (tertiary alicyclic amines) is 1. The maximum atomic E-state index is 12.3. The van der Waals surface area contributed by atoms with E-state index in [0.717, 1.165) is 43.9 Å². The Morgan fingerprint density at radius 2 is 2.03 bits per heavy atom. The minimum absolute atomic E-state index is 0.147. The van der Waals surface area contributed by atoms with Crippen LogP contribution in [0.2, 0.25) is 0 Å². The smallest absolute Gasteiger partial charge is 0.387 e. The molecule has 162 valence electrons. The van der Waals surface area contributed by atoms with Crippen molar-refractivity contribution in [2.75, 3.05) is 26.7 Å². The number of halogens is 2. The molecule has 8 heteroatoms. The van der Waals surface area contributed by atoms with E-state index in [4.69, 9.17) is 4.99 Å². The molecule has 1 amide bonds. The van der Waals surface area contributed by atoms with Crippen molar-refractivity contribution in [2.24, 2.45) is 4.99 Å². The molecule has 0 aromatic heterocycles.